The molecule has 2 aromatic carbocycles. The quantitative estimate of drug-likeness (QED) is 0.307. The number of benzene rings is 2. The number of carbonyl (C=O) groups excluding carboxylic acids is 2. The van der Waals surface area contributed by atoms with Crippen LogP contribution in [-0.2, 0) is 9.57 Å². The number of ether oxygens (including phenoxy) is 1. The van der Waals surface area contributed by atoms with Gasteiger partial charge in [-0.25, -0.2) is 14.0 Å². The summed E-state index contributed by atoms with van der Waals surface area (Å²) in [6.45, 7) is 0. The number of oxime groups is 1. The zero-order chi connectivity index (χ0) is 16.8. The van der Waals surface area contributed by atoms with Crippen LogP contribution in [0, 0.1) is 5.82 Å². The van der Waals surface area contributed by atoms with Crippen LogP contribution in [0.1, 0.15) is 26.3 Å². The fraction of sp³-hybridized carbons (Fsp3) is 0.0625. The Bertz CT molecular complexity index is 774. The maximum atomic E-state index is 13.4. The number of nitrogens with two attached hydrogens (primary N) is 1. The number of carbonyl (C=O) groups is 2. The second-order valence-corrected chi connectivity index (χ2v) is 4.41. The van der Waals surface area contributed by atoms with Gasteiger partial charge in [0, 0.05) is 5.56 Å². The molecule has 0 heterocycles. The lowest BCUT2D eigenvalue weighted by Crippen LogP contribution is -2.16. The topological polar surface area (TPSA) is 91.0 Å². The molecule has 2 aromatic rings. The number of nitrogens with zero attached hydrogens (tertiary/aromatic N) is 1. The van der Waals surface area contributed by atoms with Crippen LogP contribution in [0.4, 0.5) is 4.39 Å². The number of rotatable bonds is 4. The number of halogens is 1. The average Bonchev–Trinajstić information content (AvgIpc) is 2.59. The van der Waals surface area contributed by atoms with Crippen LogP contribution < -0.4 is 5.73 Å². The third-order valence-corrected chi connectivity index (χ3v) is 2.90. The van der Waals surface area contributed by atoms with Crippen LogP contribution in [0.2, 0.25) is 0 Å². The smallest absolute Gasteiger partial charge is 0.368 e. The molecule has 2 N–H and O–H groups in total. The lowest BCUT2D eigenvalue weighted by atomic mass is 10.1. The first kappa shape index (κ1) is 16.2. The van der Waals surface area contributed by atoms with E-state index in [4.69, 9.17) is 5.73 Å². The number of esters is 1. The van der Waals surface area contributed by atoms with E-state index < -0.39 is 17.8 Å². The van der Waals surface area contributed by atoms with E-state index in [9.17, 15) is 14.0 Å². The van der Waals surface area contributed by atoms with Gasteiger partial charge in [0.1, 0.15) is 5.82 Å². The van der Waals surface area contributed by atoms with Gasteiger partial charge in [-0.1, -0.05) is 29.4 Å². The molecular formula is C16H13FN2O4. The highest BCUT2D eigenvalue weighted by Crippen LogP contribution is 2.09. The van der Waals surface area contributed by atoms with Gasteiger partial charge >= 0.3 is 11.9 Å². The SMILES string of the molecule is COC(=O)c1cccc(/C(N)=N/OC(=O)c2ccccc2F)c1. The number of hydrogen-bond donors (Lipinski definition) is 1. The summed E-state index contributed by atoms with van der Waals surface area (Å²) in [5.74, 6) is -2.38. The monoisotopic (exact) mass is 316 g/mol. The van der Waals surface area contributed by atoms with Gasteiger partial charge in [0.25, 0.3) is 0 Å². The van der Waals surface area contributed by atoms with Crippen molar-refractivity contribution in [3.05, 3.63) is 71.0 Å². The van der Waals surface area contributed by atoms with Crippen molar-refractivity contribution < 1.29 is 23.6 Å². The molecule has 0 atom stereocenters. The van der Waals surface area contributed by atoms with Crippen LogP contribution in [0.15, 0.2) is 53.7 Å². The summed E-state index contributed by atoms with van der Waals surface area (Å²) in [6, 6.07) is 11.4. The average molecular weight is 316 g/mol. The Labute approximate surface area is 131 Å². The molecule has 0 amide bonds. The Morgan fingerprint density at radius 2 is 1.74 bits per heavy atom. The zero-order valence-corrected chi connectivity index (χ0v) is 12.2. The predicted octanol–water partition coefficient (Wildman–Crippen LogP) is 2.09. The summed E-state index contributed by atoms with van der Waals surface area (Å²) in [4.78, 5) is 27.8. The fourth-order valence-corrected chi connectivity index (χ4v) is 1.74. The molecule has 0 saturated carbocycles. The molecule has 6 nitrogen and oxygen atoms in total. The minimum absolute atomic E-state index is 0.138. The van der Waals surface area contributed by atoms with Crippen molar-refractivity contribution in [1.29, 1.82) is 0 Å². The van der Waals surface area contributed by atoms with E-state index in [1.165, 1.54) is 37.4 Å². The van der Waals surface area contributed by atoms with Gasteiger partial charge in [-0.2, -0.15) is 0 Å². The van der Waals surface area contributed by atoms with E-state index in [-0.39, 0.29) is 17.0 Å². The molecule has 7 heteroatoms. The van der Waals surface area contributed by atoms with E-state index in [2.05, 4.69) is 14.7 Å². The molecule has 0 unspecified atom stereocenters. The van der Waals surface area contributed by atoms with Crippen molar-refractivity contribution in [2.45, 2.75) is 0 Å². The van der Waals surface area contributed by atoms with Crippen molar-refractivity contribution in [3.63, 3.8) is 0 Å². The molecule has 2 rings (SSSR count). The third-order valence-electron chi connectivity index (χ3n) is 2.90. The third kappa shape index (κ3) is 3.91. The Hall–Kier alpha value is -3.22. The molecule has 0 radical (unpaired) electrons. The van der Waals surface area contributed by atoms with Crippen molar-refractivity contribution in [2.24, 2.45) is 10.9 Å². The second-order valence-electron chi connectivity index (χ2n) is 4.41. The summed E-state index contributed by atoms with van der Waals surface area (Å²) in [5, 5.41) is 3.46. The van der Waals surface area contributed by atoms with Crippen LogP contribution in [-0.4, -0.2) is 24.9 Å². The summed E-state index contributed by atoms with van der Waals surface area (Å²) < 4.78 is 18.0. The molecule has 0 spiro atoms. The first-order valence-corrected chi connectivity index (χ1v) is 6.51. The Morgan fingerprint density at radius 3 is 2.43 bits per heavy atom. The van der Waals surface area contributed by atoms with E-state index in [0.717, 1.165) is 6.07 Å². The lowest BCUT2D eigenvalue weighted by molar-refractivity contribution is 0.0509. The fourth-order valence-electron chi connectivity index (χ4n) is 1.74. The van der Waals surface area contributed by atoms with Crippen molar-refractivity contribution >= 4 is 17.8 Å². The lowest BCUT2D eigenvalue weighted by Gasteiger charge is -2.04. The standard InChI is InChI=1S/C16H13FN2O4/c1-22-15(20)11-6-4-5-10(9-11)14(18)19-23-16(21)12-7-2-3-8-13(12)17/h2-9H,1H3,(H2,18,19). The van der Waals surface area contributed by atoms with E-state index in [1.807, 2.05) is 0 Å². The van der Waals surface area contributed by atoms with Gasteiger partial charge in [-0.15, -0.1) is 0 Å². The first-order valence-electron chi connectivity index (χ1n) is 6.51. The van der Waals surface area contributed by atoms with Gasteiger partial charge in [-0.3, -0.25) is 0 Å². The van der Waals surface area contributed by atoms with Crippen LogP contribution in [0.25, 0.3) is 0 Å². The summed E-state index contributed by atoms with van der Waals surface area (Å²) in [5.41, 5.74) is 6.06. The number of amidine groups is 1. The number of hydrogen-bond acceptors (Lipinski definition) is 5. The van der Waals surface area contributed by atoms with Crippen molar-refractivity contribution in [1.82, 2.24) is 0 Å². The summed E-state index contributed by atoms with van der Waals surface area (Å²) in [6.07, 6.45) is 0. The molecule has 0 aliphatic rings. The zero-order valence-electron chi connectivity index (χ0n) is 12.2. The molecular weight excluding hydrogens is 303 g/mol. The molecule has 118 valence electrons. The van der Waals surface area contributed by atoms with Gasteiger partial charge in [-0.05, 0) is 24.3 Å². The molecule has 0 aliphatic carbocycles. The molecule has 0 aromatic heterocycles. The highest BCUT2D eigenvalue weighted by atomic mass is 19.1. The normalized spacial score (nSPS) is 11.0. The van der Waals surface area contributed by atoms with Gasteiger partial charge in [0.2, 0.25) is 0 Å². The number of methoxy groups -OCH3 is 1. The predicted molar refractivity (Wildman–Crippen MR) is 80.3 cm³/mol. The summed E-state index contributed by atoms with van der Waals surface area (Å²) in [7, 11) is 1.25. The molecule has 0 aliphatic heterocycles. The van der Waals surface area contributed by atoms with Crippen LogP contribution in [0.5, 0.6) is 0 Å². The molecule has 0 fully saturated rings. The molecule has 0 saturated heterocycles. The Kier molecular flexibility index (Phi) is 5.03. The molecule has 23 heavy (non-hydrogen) atoms. The van der Waals surface area contributed by atoms with Crippen LogP contribution in [0.3, 0.4) is 0 Å². The van der Waals surface area contributed by atoms with Gasteiger partial charge in [0.05, 0.1) is 18.2 Å². The minimum Gasteiger partial charge on any atom is -0.465 e. The van der Waals surface area contributed by atoms with Crippen molar-refractivity contribution in [2.75, 3.05) is 7.11 Å². The van der Waals surface area contributed by atoms with Gasteiger partial charge in [0.15, 0.2) is 5.84 Å². The van der Waals surface area contributed by atoms with E-state index in [0.29, 0.717) is 5.56 Å². The maximum Gasteiger partial charge on any atom is 0.368 e. The minimum atomic E-state index is -0.977. The highest BCUT2D eigenvalue weighted by molar-refractivity contribution is 6.00. The first-order chi connectivity index (χ1) is 11.0. The van der Waals surface area contributed by atoms with Crippen molar-refractivity contribution in [3.8, 4) is 0 Å². The molecule has 0 bridgehead atoms. The Balaban J connectivity index is 2.16. The second kappa shape index (κ2) is 7.17. The highest BCUT2D eigenvalue weighted by Gasteiger charge is 2.13. The maximum absolute atomic E-state index is 13.4. The van der Waals surface area contributed by atoms with Gasteiger partial charge < -0.3 is 15.3 Å². The van der Waals surface area contributed by atoms with E-state index >= 15 is 0 Å². The van der Waals surface area contributed by atoms with E-state index in [1.54, 1.807) is 12.1 Å². The largest absolute Gasteiger partial charge is 0.465 e. The Morgan fingerprint density at radius 1 is 1.04 bits per heavy atom. The summed E-state index contributed by atoms with van der Waals surface area (Å²) >= 11 is 0. The van der Waals surface area contributed by atoms with Crippen LogP contribution >= 0.6 is 0 Å².